The van der Waals surface area contributed by atoms with Gasteiger partial charge in [-0.2, -0.15) is 26.3 Å². The van der Waals surface area contributed by atoms with E-state index in [1.54, 1.807) is 36.7 Å². The molecule has 0 unspecified atom stereocenters. The van der Waals surface area contributed by atoms with E-state index in [0.29, 0.717) is 17.3 Å². The highest BCUT2D eigenvalue weighted by Crippen LogP contribution is 2.51. The zero-order valence-corrected chi connectivity index (χ0v) is 29.7. The van der Waals surface area contributed by atoms with Crippen molar-refractivity contribution in [3.05, 3.63) is 96.2 Å². The van der Waals surface area contributed by atoms with Crippen molar-refractivity contribution in [2.45, 2.75) is 122 Å². The standard InChI is InChI=1S/C27H39F3O.C14H11F3N2O/c1-2-3-4-5-7-10-21-11-13-22(14-12-21)27(19-8-6-9-20-27)23-15-17-24(18-16-23)31-26(30)25(28)29;1-2-9-7-18-14(19-8-9)10-3-5-11(6-4-10)20-13(17)12(15)16/h15-18,21-22H,2-14,19-20H2,1H3;3-8H,2H2,1H3. The van der Waals surface area contributed by atoms with Gasteiger partial charge >= 0.3 is 24.2 Å². The molecule has 0 bridgehead atoms. The Balaban J connectivity index is 0.000000251. The van der Waals surface area contributed by atoms with E-state index in [1.165, 1.54) is 114 Å². The van der Waals surface area contributed by atoms with Crippen molar-refractivity contribution in [1.29, 1.82) is 0 Å². The van der Waals surface area contributed by atoms with Crippen molar-refractivity contribution in [3.8, 4) is 22.9 Å². The highest BCUT2D eigenvalue weighted by atomic mass is 19.3. The monoisotopic (exact) mass is 716 g/mol. The van der Waals surface area contributed by atoms with Crippen LogP contribution >= 0.6 is 0 Å². The molecule has 0 aliphatic heterocycles. The molecule has 10 heteroatoms. The van der Waals surface area contributed by atoms with E-state index in [-0.39, 0.29) is 16.9 Å². The molecule has 1 aromatic heterocycles. The second-order valence-corrected chi connectivity index (χ2v) is 13.7. The number of unbranched alkanes of at least 4 members (excludes halogenated alkanes) is 4. The Morgan fingerprint density at radius 3 is 1.71 bits per heavy atom. The fourth-order valence-electron chi connectivity index (χ4n) is 7.65. The van der Waals surface area contributed by atoms with Crippen LogP contribution in [0.3, 0.4) is 0 Å². The van der Waals surface area contributed by atoms with E-state index in [1.807, 2.05) is 19.1 Å². The summed E-state index contributed by atoms with van der Waals surface area (Å²) in [7, 11) is 0. The molecule has 4 nitrogen and oxygen atoms in total. The number of rotatable bonds is 14. The molecular weight excluding hydrogens is 666 g/mol. The Morgan fingerprint density at radius 1 is 0.667 bits per heavy atom. The van der Waals surface area contributed by atoms with Gasteiger partial charge in [-0.25, -0.2) is 9.97 Å². The van der Waals surface area contributed by atoms with Gasteiger partial charge in [0.1, 0.15) is 11.5 Å². The molecular formula is C41H50F6N2O2. The van der Waals surface area contributed by atoms with Crippen LogP contribution in [0.15, 0.2) is 85.1 Å². The third-order valence-electron chi connectivity index (χ3n) is 10.5. The topological polar surface area (TPSA) is 44.2 Å². The number of benzene rings is 2. The highest BCUT2D eigenvalue weighted by molar-refractivity contribution is 5.56. The summed E-state index contributed by atoms with van der Waals surface area (Å²) >= 11 is 0. The lowest BCUT2D eigenvalue weighted by atomic mass is 9.57. The first kappa shape index (κ1) is 40.0. The Hall–Kier alpha value is -3.82. The molecule has 0 atom stereocenters. The van der Waals surface area contributed by atoms with Crippen LogP contribution in [-0.4, -0.2) is 9.97 Å². The summed E-state index contributed by atoms with van der Waals surface area (Å²) < 4.78 is 83.1. The molecule has 2 fully saturated rings. The van der Waals surface area contributed by atoms with Gasteiger partial charge in [-0.05, 0) is 96.9 Å². The van der Waals surface area contributed by atoms with E-state index in [0.717, 1.165) is 17.9 Å². The maximum Gasteiger partial charge on any atom is 0.344 e. The van der Waals surface area contributed by atoms with Crippen LogP contribution < -0.4 is 9.47 Å². The lowest BCUT2D eigenvalue weighted by Gasteiger charge is -2.47. The maximum atomic E-state index is 13.1. The Bertz CT molecular complexity index is 1520. The van der Waals surface area contributed by atoms with E-state index in [4.69, 9.17) is 0 Å². The quantitative estimate of drug-likeness (QED) is 0.0946. The summed E-state index contributed by atoms with van der Waals surface area (Å²) in [6, 6.07) is 9.44. The van der Waals surface area contributed by atoms with Gasteiger partial charge in [-0.3, -0.25) is 0 Å². The number of ether oxygens (including phenoxy) is 2. The Morgan fingerprint density at radius 2 is 1.20 bits per heavy atom. The number of hydrogen-bond acceptors (Lipinski definition) is 4. The third kappa shape index (κ3) is 11.9. The summed E-state index contributed by atoms with van der Waals surface area (Å²) in [5.74, 6) is 2.19. The lowest BCUT2D eigenvalue weighted by molar-refractivity contribution is 0.124. The van der Waals surface area contributed by atoms with E-state index in [2.05, 4.69) is 26.4 Å². The van der Waals surface area contributed by atoms with E-state index >= 15 is 0 Å². The second kappa shape index (κ2) is 20.3. The third-order valence-corrected chi connectivity index (χ3v) is 10.5. The SMILES string of the molecule is CCCCCCCC1CCC(C2(c3ccc(OC(F)=C(F)F)cc3)CCCCC2)CC1.CCc1cnc(-c2ccc(OC(F)=C(F)F)cc2)nc1. The lowest BCUT2D eigenvalue weighted by Crippen LogP contribution is -2.39. The number of nitrogens with zero attached hydrogens (tertiary/aromatic N) is 2. The normalized spacial score (nSPS) is 18.2. The molecule has 51 heavy (non-hydrogen) atoms. The largest absolute Gasteiger partial charge is 0.428 e. The van der Waals surface area contributed by atoms with Gasteiger partial charge in [0.05, 0.1) is 0 Å². The molecule has 278 valence electrons. The summed E-state index contributed by atoms with van der Waals surface area (Å²) in [6.07, 6.45) is 19.0. The van der Waals surface area contributed by atoms with Gasteiger partial charge in [-0.1, -0.05) is 96.6 Å². The summed E-state index contributed by atoms with van der Waals surface area (Å²) in [5, 5.41) is 0. The summed E-state index contributed by atoms with van der Waals surface area (Å²) in [4.78, 5) is 8.37. The van der Waals surface area contributed by atoms with Gasteiger partial charge in [0.2, 0.25) is 0 Å². The number of hydrogen-bond donors (Lipinski definition) is 0. The first-order chi connectivity index (χ1) is 24.6. The summed E-state index contributed by atoms with van der Waals surface area (Å²) in [6.45, 7) is 4.26. The highest BCUT2D eigenvalue weighted by Gasteiger charge is 2.42. The summed E-state index contributed by atoms with van der Waals surface area (Å²) in [5.41, 5.74) is 3.17. The van der Waals surface area contributed by atoms with Crippen molar-refractivity contribution in [2.24, 2.45) is 11.8 Å². The first-order valence-corrected chi connectivity index (χ1v) is 18.4. The average molecular weight is 717 g/mol. The van der Waals surface area contributed by atoms with Crippen molar-refractivity contribution < 1.29 is 35.8 Å². The Kier molecular flexibility index (Phi) is 15.9. The minimum atomic E-state index is -2.49. The fraction of sp³-hybridized carbons (Fsp3) is 0.512. The first-order valence-electron chi connectivity index (χ1n) is 18.4. The molecule has 0 amide bonds. The number of aryl methyl sites for hydroxylation is 1. The molecule has 2 saturated carbocycles. The fourth-order valence-corrected chi connectivity index (χ4v) is 7.65. The van der Waals surface area contributed by atoms with E-state index in [9.17, 15) is 26.3 Å². The van der Waals surface area contributed by atoms with Gasteiger partial charge in [0.25, 0.3) is 0 Å². The molecule has 0 radical (unpaired) electrons. The molecule has 0 spiro atoms. The molecule has 2 aromatic carbocycles. The predicted molar refractivity (Wildman–Crippen MR) is 189 cm³/mol. The van der Waals surface area contributed by atoms with Crippen LogP contribution in [0.4, 0.5) is 26.3 Å². The second-order valence-electron chi connectivity index (χ2n) is 13.7. The molecule has 5 rings (SSSR count). The maximum absolute atomic E-state index is 13.1. The van der Waals surface area contributed by atoms with Crippen LogP contribution in [0.1, 0.15) is 121 Å². The molecule has 3 aromatic rings. The van der Waals surface area contributed by atoms with E-state index < -0.39 is 24.2 Å². The molecule has 0 N–H and O–H groups in total. The Labute approximate surface area is 298 Å². The number of halogens is 6. The van der Waals surface area contributed by atoms with Crippen molar-refractivity contribution >= 4 is 0 Å². The minimum Gasteiger partial charge on any atom is -0.428 e. The van der Waals surface area contributed by atoms with Crippen molar-refractivity contribution in [2.75, 3.05) is 0 Å². The van der Waals surface area contributed by atoms with Gasteiger partial charge in [0.15, 0.2) is 5.82 Å². The van der Waals surface area contributed by atoms with Crippen molar-refractivity contribution in [1.82, 2.24) is 9.97 Å². The number of aromatic nitrogens is 2. The minimum absolute atomic E-state index is 0.0239. The molecule has 0 saturated heterocycles. The van der Waals surface area contributed by atoms with Crippen molar-refractivity contribution in [3.63, 3.8) is 0 Å². The van der Waals surface area contributed by atoms with Gasteiger partial charge in [-0.15, -0.1) is 0 Å². The van der Waals surface area contributed by atoms with Crippen LogP contribution in [0, 0.1) is 11.8 Å². The smallest absolute Gasteiger partial charge is 0.344 e. The molecule has 1 heterocycles. The van der Waals surface area contributed by atoms with Gasteiger partial charge < -0.3 is 9.47 Å². The zero-order chi connectivity index (χ0) is 36.6. The van der Waals surface area contributed by atoms with Crippen LogP contribution in [0.2, 0.25) is 0 Å². The van der Waals surface area contributed by atoms with Crippen LogP contribution in [-0.2, 0) is 11.8 Å². The molecule has 2 aliphatic carbocycles. The predicted octanol–water partition coefficient (Wildman–Crippen LogP) is 13.6. The zero-order valence-electron chi connectivity index (χ0n) is 29.7. The average Bonchev–Trinajstić information content (AvgIpc) is 3.16. The van der Waals surface area contributed by atoms with Crippen LogP contribution in [0.25, 0.3) is 11.4 Å². The molecule has 2 aliphatic rings. The van der Waals surface area contributed by atoms with Gasteiger partial charge in [0, 0.05) is 18.0 Å². The van der Waals surface area contributed by atoms with Crippen LogP contribution in [0.5, 0.6) is 11.5 Å².